The Morgan fingerprint density at radius 1 is 1.07 bits per heavy atom. The Labute approximate surface area is 171 Å². The molecule has 0 fully saturated rings. The minimum absolute atomic E-state index is 0.367. The molecule has 2 N–H and O–H groups in total. The lowest BCUT2D eigenvalue weighted by Crippen LogP contribution is -2.01. The van der Waals surface area contributed by atoms with Gasteiger partial charge in [0.25, 0.3) is 0 Å². The van der Waals surface area contributed by atoms with E-state index in [0.29, 0.717) is 20.4 Å². The number of thiophene rings is 1. The van der Waals surface area contributed by atoms with Gasteiger partial charge in [0.05, 0.1) is 18.5 Å². The van der Waals surface area contributed by atoms with Gasteiger partial charge in [-0.15, -0.1) is 11.3 Å². The number of methoxy groups -OCH3 is 1. The number of aromatic nitrogens is 1. The van der Waals surface area contributed by atoms with Crippen molar-refractivity contribution in [3.8, 4) is 22.4 Å². The highest BCUT2D eigenvalue weighted by Crippen LogP contribution is 2.41. The molecule has 0 bridgehead atoms. The van der Waals surface area contributed by atoms with Crippen LogP contribution in [-0.2, 0) is 4.74 Å². The molecule has 0 saturated heterocycles. The predicted molar refractivity (Wildman–Crippen MR) is 116 cm³/mol. The molecule has 0 aliphatic heterocycles. The first kappa shape index (κ1) is 18.5. The summed E-state index contributed by atoms with van der Waals surface area (Å²) >= 11 is 7.27. The average molecular weight is 409 g/mol. The lowest BCUT2D eigenvalue weighted by atomic mass is 9.99. The van der Waals surface area contributed by atoms with Gasteiger partial charge in [0, 0.05) is 16.0 Å². The van der Waals surface area contributed by atoms with Crippen LogP contribution in [0, 0.1) is 6.92 Å². The smallest absolute Gasteiger partial charge is 0.350 e. The van der Waals surface area contributed by atoms with Crippen molar-refractivity contribution in [1.82, 2.24) is 4.98 Å². The lowest BCUT2D eigenvalue weighted by Gasteiger charge is -2.09. The normalized spacial score (nSPS) is 11.0. The monoisotopic (exact) mass is 408 g/mol. The molecule has 4 nitrogen and oxygen atoms in total. The molecule has 0 unspecified atom stereocenters. The van der Waals surface area contributed by atoms with Gasteiger partial charge < -0.3 is 10.5 Å². The highest BCUT2D eigenvalue weighted by atomic mass is 35.5. The van der Waals surface area contributed by atoms with Crippen molar-refractivity contribution in [3.05, 3.63) is 70.1 Å². The third-order valence-corrected chi connectivity index (χ3v) is 5.90. The van der Waals surface area contributed by atoms with Crippen LogP contribution in [0.15, 0.2) is 54.6 Å². The van der Waals surface area contributed by atoms with Crippen LogP contribution in [0.25, 0.3) is 32.6 Å². The van der Waals surface area contributed by atoms with E-state index in [2.05, 4.69) is 0 Å². The number of halogens is 1. The number of nitrogen functional groups attached to an aromatic ring is 1. The molecule has 2 aromatic carbocycles. The van der Waals surface area contributed by atoms with Crippen LogP contribution >= 0.6 is 22.9 Å². The molecule has 0 amide bonds. The van der Waals surface area contributed by atoms with E-state index in [0.717, 1.165) is 27.8 Å². The number of anilines is 1. The minimum atomic E-state index is -0.455. The number of pyridine rings is 1. The van der Waals surface area contributed by atoms with E-state index in [-0.39, 0.29) is 0 Å². The number of benzene rings is 2. The van der Waals surface area contributed by atoms with Crippen LogP contribution in [0.2, 0.25) is 5.02 Å². The molecule has 0 atom stereocenters. The molecule has 4 aromatic rings. The summed E-state index contributed by atoms with van der Waals surface area (Å²) in [6.07, 6.45) is 0. The first-order valence-electron chi connectivity index (χ1n) is 8.62. The zero-order chi connectivity index (χ0) is 19.8. The Hall–Kier alpha value is -2.89. The topological polar surface area (TPSA) is 65.2 Å². The van der Waals surface area contributed by atoms with E-state index in [1.54, 1.807) is 0 Å². The standard InChI is InChI=1S/C22H17ClN2O2S/c1-12-3-5-13(6-4-12)16-11-17(14-7-9-15(23)10-8-14)25-21-18(16)19(24)20(28-21)22(26)27-2/h3-11H,24H2,1-2H3. The molecular formula is C22H17ClN2O2S. The number of rotatable bonds is 3. The quantitative estimate of drug-likeness (QED) is 0.424. The number of carbonyl (C=O) groups excluding carboxylic acids is 1. The first-order valence-corrected chi connectivity index (χ1v) is 9.81. The van der Waals surface area contributed by atoms with Gasteiger partial charge in [0.15, 0.2) is 0 Å². The zero-order valence-electron chi connectivity index (χ0n) is 15.3. The summed E-state index contributed by atoms with van der Waals surface area (Å²) in [5, 5.41) is 1.43. The van der Waals surface area contributed by atoms with Gasteiger partial charge in [-0.2, -0.15) is 0 Å². The second-order valence-corrected chi connectivity index (χ2v) is 7.88. The van der Waals surface area contributed by atoms with Crippen molar-refractivity contribution in [1.29, 1.82) is 0 Å². The maximum atomic E-state index is 12.2. The fraction of sp³-hybridized carbons (Fsp3) is 0.0909. The number of nitrogens with zero attached hydrogens (tertiary/aromatic N) is 1. The lowest BCUT2D eigenvalue weighted by molar-refractivity contribution is 0.0607. The van der Waals surface area contributed by atoms with Gasteiger partial charge in [0.1, 0.15) is 9.71 Å². The van der Waals surface area contributed by atoms with Crippen LogP contribution in [0.5, 0.6) is 0 Å². The van der Waals surface area contributed by atoms with E-state index >= 15 is 0 Å². The summed E-state index contributed by atoms with van der Waals surface area (Å²) in [4.78, 5) is 18.0. The Morgan fingerprint density at radius 3 is 2.36 bits per heavy atom. The fourth-order valence-electron chi connectivity index (χ4n) is 3.09. The minimum Gasteiger partial charge on any atom is -0.465 e. The second-order valence-electron chi connectivity index (χ2n) is 6.44. The summed E-state index contributed by atoms with van der Waals surface area (Å²) in [6.45, 7) is 2.04. The number of carbonyl (C=O) groups is 1. The number of aryl methyl sites for hydroxylation is 1. The summed E-state index contributed by atoms with van der Waals surface area (Å²) in [7, 11) is 1.35. The summed E-state index contributed by atoms with van der Waals surface area (Å²) in [5.74, 6) is -0.455. The SMILES string of the molecule is COC(=O)c1sc2nc(-c3ccc(Cl)cc3)cc(-c3ccc(C)cc3)c2c1N. The molecule has 4 rings (SSSR count). The summed E-state index contributed by atoms with van der Waals surface area (Å²) < 4.78 is 4.89. The van der Waals surface area contributed by atoms with Crippen LogP contribution in [0.3, 0.4) is 0 Å². The molecule has 0 spiro atoms. The maximum absolute atomic E-state index is 12.2. The van der Waals surface area contributed by atoms with E-state index in [9.17, 15) is 4.79 Å². The molecule has 2 aromatic heterocycles. The Balaban J connectivity index is 2.02. The first-order chi connectivity index (χ1) is 13.5. The van der Waals surface area contributed by atoms with Gasteiger partial charge in [0.2, 0.25) is 0 Å². The largest absolute Gasteiger partial charge is 0.465 e. The van der Waals surface area contributed by atoms with Crippen molar-refractivity contribution in [2.75, 3.05) is 12.8 Å². The zero-order valence-corrected chi connectivity index (χ0v) is 16.9. The molecule has 28 heavy (non-hydrogen) atoms. The third kappa shape index (κ3) is 3.23. The van der Waals surface area contributed by atoms with Crippen LogP contribution in [0.1, 0.15) is 15.2 Å². The van der Waals surface area contributed by atoms with Crippen molar-refractivity contribution < 1.29 is 9.53 Å². The molecule has 0 saturated carbocycles. The van der Waals surface area contributed by atoms with Crippen molar-refractivity contribution in [2.45, 2.75) is 6.92 Å². The number of nitrogens with two attached hydrogens (primary N) is 1. The number of hydrogen-bond donors (Lipinski definition) is 1. The van der Waals surface area contributed by atoms with E-state index in [1.807, 2.05) is 61.5 Å². The highest BCUT2D eigenvalue weighted by Gasteiger charge is 2.22. The Morgan fingerprint density at radius 2 is 1.71 bits per heavy atom. The molecule has 6 heteroatoms. The average Bonchev–Trinajstić information content (AvgIpc) is 3.04. The number of esters is 1. The number of hydrogen-bond acceptors (Lipinski definition) is 5. The number of fused-ring (bicyclic) bond motifs is 1. The molecular weight excluding hydrogens is 392 g/mol. The molecule has 0 aliphatic carbocycles. The van der Waals surface area contributed by atoms with Crippen LogP contribution in [0.4, 0.5) is 5.69 Å². The van der Waals surface area contributed by atoms with E-state index in [1.165, 1.54) is 24.0 Å². The Kier molecular flexibility index (Phi) is 4.79. The van der Waals surface area contributed by atoms with Crippen molar-refractivity contribution in [2.24, 2.45) is 0 Å². The van der Waals surface area contributed by atoms with Crippen molar-refractivity contribution in [3.63, 3.8) is 0 Å². The van der Waals surface area contributed by atoms with Gasteiger partial charge >= 0.3 is 5.97 Å². The van der Waals surface area contributed by atoms with Crippen LogP contribution in [-0.4, -0.2) is 18.1 Å². The summed E-state index contributed by atoms with van der Waals surface area (Å²) in [6, 6.07) is 17.7. The highest BCUT2D eigenvalue weighted by molar-refractivity contribution is 7.21. The van der Waals surface area contributed by atoms with Crippen LogP contribution < -0.4 is 5.73 Å². The fourth-order valence-corrected chi connectivity index (χ4v) is 4.26. The van der Waals surface area contributed by atoms with Crippen molar-refractivity contribution >= 4 is 44.8 Å². The van der Waals surface area contributed by atoms with Gasteiger partial charge in [-0.1, -0.05) is 53.6 Å². The Bertz CT molecular complexity index is 1180. The molecule has 140 valence electrons. The van der Waals surface area contributed by atoms with Gasteiger partial charge in [-0.3, -0.25) is 0 Å². The van der Waals surface area contributed by atoms with E-state index < -0.39 is 5.97 Å². The molecule has 0 aliphatic rings. The molecule has 0 radical (unpaired) electrons. The second kappa shape index (κ2) is 7.26. The number of ether oxygens (including phenoxy) is 1. The molecule has 2 heterocycles. The summed E-state index contributed by atoms with van der Waals surface area (Å²) in [5.41, 5.74) is 11.6. The predicted octanol–water partition coefficient (Wildman–Crippen LogP) is 5.96. The van der Waals surface area contributed by atoms with Gasteiger partial charge in [-0.25, -0.2) is 9.78 Å². The maximum Gasteiger partial charge on any atom is 0.350 e. The van der Waals surface area contributed by atoms with Gasteiger partial charge in [-0.05, 0) is 36.2 Å². The third-order valence-electron chi connectivity index (χ3n) is 4.57. The van der Waals surface area contributed by atoms with E-state index in [4.69, 9.17) is 27.1 Å².